The minimum Gasteiger partial charge on any atom is -0.455 e. The van der Waals surface area contributed by atoms with Crippen LogP contribution in [0.4, 0.5) is 0 Å². The number of rotatable bonds is 4. The molecule has 0 aliphatic heterocycles. The molecule has 1 aromatic carbocycles. The van der Waals surface area contributed by atoms with E-state index in [1.54, 1.807) is 18.2 Å². The Morgan fingerprint density at radius 3 is 2.25 bits per heavy atom. The number of fused-ring (bicyclic) bond motifs is 3. The fourth-order valence-electron chi connectivity index (χ4n) is 2.65. The number of nitrogens with one attached hydrogen (secondary N) is 1. The van der Waals surface area contributed by atoms with Crippen molar-refractivity contribution in [1.82, 2.24) is 4.98 Å². The van der Waals surface area contributed by atoms with Gasteiger partial charge < -0.3 is 9.40 Å². The number of hydrogen-bond acceptors (Lipinski definition) is 1. The topological polar surface area (TPSA) is 28.9 Å². The second kappa shape index (κ2) is 4.42. The normalized spacial score (nSPS) is 10.8. The van der Waals surface area contributed by atoms with Gasteiger partial charge in [0.2, 0.25) is 0 Å². The van der Waals surface area contributed by atoms with Crippen LogP contribution in [-0.2, 0) is 0 Å². The summed E-state index contributed by atoms with van der Waals surface area (Å²) in [5.74, 6) is 0.735. The van der Waals surface area contributed by atoms with Gasteiger partial charge in [-0.25, -0.2) is 0 Å². The summed E-state index contributed by atoms with van der Waals surface area (Å²) in [5, 5.41) is 2.05. The lowest BCUT2D eigenvalue weighted by Crippen LogP contribution is -1.74. The van der Waals surface area contributed by atoms with E-state index in [0.717, 1.165) is 44.5 Å². The molecule has 1 N–H and O–H groups in total. The fourth-order valence-corrected chi connectivity index (χ4v) is 2.65. The van der Waals surface area contributed by atoms with E-state index < -0.39 is 0 Å². The van der Waals surface area contributed by atoms with Gasteiger partial charge in [-0.05, 0) is 24.3 Å². The molecule has 0 aliphatic carbocycles. The van der Waals surface area contributed by atoms with Crippen molar-refractivity contribution in [3.8, 4) is 0 Å². The molecule has 3 aromatic rings. The lowest BCUT2D eigenvalue weighted by molar-refractivity contribution is 0.607. The minimum absolute atomic E-state index is 0.735. The summed E-state index contributed by atoms with van der Waals surface area (Å²) in [6.07, 6.45) is 7.11. The van der Waals surface area contributed by atoms with Crippen LogP contribution in [-0.4, -0.2) is 4.98 Å². The van der Waals surface area contributed by atoms with E-state index in [9.17, 15) is 0 Å². The molecule has 2 aromatic heterocycles. The molecule has 0 fully saturated rings. The van der Waals surface area contributed by atoms with Crippen LogP contribution in [0.5, 0.6) is 0 Å². The number of furan rings is 1. The van der Waals surface area contributed by atoms with E-state index in [1.807, 2.05) is 18.2 Å². The molecule has 20 heavy (non-hydrogen) atoms. The first-order chi connectivity index (χ1) is 9.74. The molecule has 2 nitrogen and oxygen atoms in total. The van der Waals surface area contributed by atoms with E-state index in [4.69, 9.17) is 4.42 Å². The molecule has 0 amide bonds. The van der Waals surface area contributed by atoms with Crippen LogP contribution in [0.15, 0.2) is 42.9 Å². The van der Waals surface area contributed by atoms with Crippen molar-refractivity contribution in [3.63, 3.8) is 0 Å². The maximum absolute atomic E-state index is 5.96. The summed E-state index contributed by atoms with van der Waals surface area (Å²) >= 11 is 0. The highest BCUT2D eigenvalue weighted by Gasteiger charge is 2.16. The Morgan fingerprint density at radius 2 is 1.65 bits per heavy atom. The van der Waals surface area contributed by atoms with Crippen LogP contribution in [0.3, 0.4) is 0 Å². The molecule has 0 atom stereocenters. The highest BCUT2D eigenvalue weighted by molar-refractivity contribution is 6.11. The minimum atomic E-state index is 0.735. The van der Waals surface area contributed by atoms with Crippen LogP contribution >= 0.6 is 0 Å². The Balaban J connectivity index is 2.58. The number of aromatic amines is 1. The third-order valence-corrected chi connectivity index (χ3v) is 3.55. The molecule has 0 unspecified atom stereocenters. The molecule has 0 saturated heterocycles. The first-order valence-electron chi connectivity index (χ1n) is 6.36. The summed E-state index contributed by atoms with van der Waals surface area (Å²) in [4.78, 5) is 3.32. The van der Waals surface area contributed by atoms with Gasteiger partial charge in [-0.3, -0.25) is 0 Å². The maximum Gasteiger partial charge on any atom is 0.145 e. The molecule has 98 valence electrons. The second-order valence-corrected chi connectivity index (χ2v) is 4.51. The molecule has 2 heteroatoms. The number of benzene rings is 1. The summed E-state index contributed by atoms with van der Waals surface area (Å²) in [6.45, 7) is 15.4. The van der Waals surface area contributed by atoms with Crippen LogP contribution in [0.2, 0.25) is 0 Å². The van der Waals surface area contributed by atoms with Crippen molar-refractivity contribution in [2.24, 2.45) is 0 Å². The van der Waals surface area contributed by atoms with Gasteiger partial charge in [0.25, 0.3) is 0 Å². The first-order valence-corrected chi connectivity index (χ1v) is 6.36. The van der Waals surface area contributed by atoms with Crippen LogP contribution in [0.1, 0.15) is 22.6 Å². The van der Waals surface area contributed by atoms with Crippen molar-refractivity contribution in [2.45, 2.75) is 0 Å². The number of H-pyrrole nitrogens is 1. The van der Waals surface area contributed by atoms with E-state index in [2.05, 4.69) is 31.3 Å². The summed E-state index contributed by atoms with van der Waals surface area (Å²) in [6, 6.07) is 4.06. The van der Waals surface area contributed by atoms with Crippen molar-refractivity contribution >= 4 is 46.2 Å². The predicted molar refractivity (Wildman–Crippen MR) is 88.4 cm³/mol. The lowest BCUT2D eigenvalue weighted by atomic mass is 10.1. The van der Waals surface area contributed by atoms with Gasteiger partial charge in [0.15, 0.2) is 0 Å². The van der Waals surface area contributed by atoms with Gasteiger partial charge in [0.05, 0.1) is 10.9 Å². The fraction of sp³-hybridized carbons (Fsp3) is 0. The Bertz CT molecular complexity index is 874. The van der Waals surface area contributed by atoms with E-state index in [1.165, 1.54) is 0 Å². The molecular formula is C18H15NO. The summed E-state index contributed by atoms with van der Waals surface area (Å²) in [7, 11) is 0. The monoisotopic (exact) mass is 261 g/mol. The zero-order valence-electron chi connectivity index (χ0n) is 11.2. The zero-order valence-corrected chi connectivity index (χ0v) is 11.2. The molecule has 2 heterocycles. The third kappa shape index (κ3) is 1.45. The quantitative estimate of drug-likeness (QED) is 0.661. The van der Waals surface area contributed by atoms with Crippen molar-refractivity contribution in [3.05, 3.63) is 61.0 Å². The van der Waals surface area contributed by atoms with Gasteiger partial charge in [0, 0.05) is 22.2 Å². The highest BCUT2D eigenvalue weighted by Crippen LogP contribution is 2.36. The van der Waals surface area contributed by atoms with E-state index >= 15 is 0 Å². The van der Waals surface area contributed by atoms with Gasteiger partial charge >= 0.3 is 0 Å². The van der Waals surface area contributed by atoms with Gasteiger partial charge in [0.1, 0.15) is 11.3 Å². The average molecular weight is 261 g/mol. The van der Waals surface area contributed by atoms with Gasteiger partial charge in [-0.1, -0.05) is 38.5 Å². The number of hydrogen-bond donors (Lipinski definition) is 1. The lowest BCUT2D eigenvalue weighted by Gasteiger charge is -1.95. The predicted octanol–water partition coefficient (Wildman–Crippen LogP) is 5.49. The first kappa shape index (κ1) is 12.3. The van der Waals surface area contributed by atoms with Gasteiger partial charge in [-0.15, -0.1) is 0 Å². The largest absolute Gasteiger partial charge is 0.455 e. The van der Waals surface area contributed by atoms with Crippen molar-refractivity contribution < 1.29 is 4.42 Å². The van der Waals surface area contributed by atoms with Crippen LogP contribution in [0, 0.1) is 0 Å². The van der Waals surface area contributed by atoms with Crippen molar-refractivity contribution in [1.29, 1.82) is 0 Å². The third-order valence-electron chi connectivity index (χ3n) is 3.55. The SMILES string of the molecule is C=Cc1[nH]c2ccc3c(C=C)c(C=C)oc3c2c1C=C. The summed E-state index contributed by atoms with van der Waals surface area (Å²) < 4.78 is 5.96. The van der Waals surface area contributed by atoms with Crippen LogP contribution in [0.25, 0.3) is 46.2 Å². The van der Waals surface area contributed by atoms with Gasteiger partial charge in [-0.2, -0.15) is 0 Å². The van der Waals surface area contributed by atoms with Crippen LogP contribution < -0.4 is 0 Å². The molecule has 0 spiro atoms. The molecule has 3 rings (SSSR count). The van der Waals surface area contributed by atoms with Crippen molar-refractivity contribution in [2.75, 3.05) is 0 Å². The Kier molecular flexibility index (Phi) is 2.72. The average Bonchev–Trinajstić information content (AvgIpc) is 3.02. The molecule has 0 radical (unpaired) electrons. The number of aromatic nitrogens is 1. The summed E-state index contributed by atoms with van der Waals surface area (Å²) in [5.41, 5.74) is 4.74. The Morgan fingerprint density at radius 1 is 0.900 bits per heavy atom. The maximum atomic E-state index is 5.96. The molecule has 0 aliphatic rings. The zero-order chi connectivity index (χ0) is 14.3. The molecule has 0 saturated carbocycles. The standard InChI is InChI=1S/C18H15NO/c1-5-11-13-9-10-15-17(18(13)20-16(11)8-4)12(6-2)14(7-3)19-15/h5-10,19H,1-4H2. The Hall–Kier alpha value is -2.74. The Labute approximate surface area is 117 Å². The highest BCUT2D eigenvalue weighted by atomic mass is 16.3. The van der Waals surface area contributed by atoms with E-state index in [0.29, 0.717) is 0 Å². The van der Waals surface area contributed by atoms with E-state index in [-0.39, 0.29) is 0 Å². The smallest absolute Gasteiger partial charge is 0.145 e. The second-order valence-electron chi connectivity index (χ2n) is 4.51. The molecule has 0 bridgehead atoms. The molecular weight excluding hydrogens is 246 g/mol.